The lowest BCUT2D eigenvalue weighted by atomic mass is 10.1. The number of carbonyl (C=O) groups is 3. The fourth-order valence-electron chi connectivity index (χ4n) is 7.28. The summed E-state index contributed by atoms with van der Waals surface area (Å²) in [5.41, 5.74) is 0. The van der Waals surface area contributed by atoms with Gasteiger partial charge in [-0.05, 0) is 103 Å². The van der Waals surface area contributed by atoms with E-state index < -0.39 is 6.10 Å². The molecule has 0 aliphatic rings. The van der Waals surface area contributed by atoms with Crippen LogP contribution in [-0.4, -0.2) is 37.2 Å². The molecule has 0 aromatic carbocycles. The van der Waals surface area contributed by atoms with Crippen LogP contribution in [0, 0.1) is 0 Å². The van der Waals surface area contributed by atoms with Gasteiger partial charge in [0.05, 0.1) is 0 Å². The minimum absolute atomic E-state index is 0.0846. The fraction of sp³-hybridized carbons (Fsp3) is 0.800. The maximum atomic E-state index is 12.8. The first-order valence-corrected chi connectivity index (χ1v) is 26.1. The average molecular weight is 855 g/mol. The highest BCUT2D eigenvalue weighted by molar-refractivity contribution is 5.71. The lowest BCUT2D eigenvalue weighted by Crippen LogP contribution is -2.30. The van der Waals surface area contributed by atoms with Crippen molar-refractivity contribution in [2.24, 2.45) is 0 Å². The smallest absolute Gasteiger partial charge is 0.306 e. The predicted molar refractivity (Wildman–Crippen MR) is 261 cm³/mol. The molecule has 0 aliphatic carbocycles. The van der Waals surface area contributed by atoms with Crippen LogP contribution in [0.3, 0.4) is 0 Å². The molecule has 0 radical (unpaired) electrons. The van der Waals surface area contributed by atoms with Gasteiger partial charge in [0.15, 0.2) is 6.10 Å². The van der Waals surface area contributed by atoms with Gasteiger partial charge in [-0.15, -0.1) is 0 Å². The van der Waals surface area contributed by atoms with Crippen molar-refractivity contribution in [2.75, 3.05) is 13.2 Å². The zero-order chi connectivity index (χ0) is 44.4. The number of hydrogen-bond acceptors (Lipinski definition) is 6. The molecule has 0 amide bonds. The molecule has 0 saturated carbocycles. The Kier molecular flexibility index (Phi) is 47.9. The van der Waals surface area contributed by atoms with Crippen molar-refractivity contribution >= 4 is 17.9 Å². The number of carbonyl (C=O) groups excluding carboxylic acids is 3. The monoisotopic (exact) mass is 855 g/mol. The van der Waals surface area contributed by atoms with E-state index in [-0.39, 0.29) is 31.1 Å². The van der Waals surface area contributed by atoms with Crippen LogP contribution < -0.4 is 0 Å². The number of allylic oxidation sites excluding steroid dienone is 8. The summed E-state index contributed by atoms with van der Waals surface area (Å²) in [6, 6.07) is 0. The molecule has 0 aromatic heterocycles. The van der Waals surface area contributed by atoms with Crippen molar-refractivity contribution in [1.82, 2.24) is 0 Å². The van der Waals surface area contributed by atoms with E-state index in [1.807, 2.05) is 0 Å². The number of unbranched alkanes of at least 4 members (excludes halogenated alkanes) is 28. The van der Waals surface area contributed by atoms with Crippen molar-refractivity contribution in [3.05, 3.63) is 48.6 Å². The second-order valence-electron chi connectivity index (χ2n) is 17.4. The minimum Gasteiger partial charge on any atom is -0.462 e. The first-order chi connectivity index (χ1) is 30.0. The molecule has 6 heteroatoms. The summed E-state index contributed by atoms with van der Waals surface area (Å²) < 4.78 is 16.8. The molecule has 0 bridgehead atoms. The molecule has 1 atom stereocenters. The van der Waals surface area contributed by atoms with E-state index >= 15 is 0 Å². The Morgan fingerprint density at radius 3 is 0.967 bits per heavy atom. The van der Waals surface area contributed by atoms with E-state index in [1.165, 1.54) is 128 Å². The summed E-state index contributed by atoms with van der Waals surface area (Å²) >= 11 is 0. The molecule has 0 fully saturated rings. The number of hydrogen-bond donors (Lipinski definition) is 0. The quantitative estimate of drug-likeness (QED) is 0.0263. The van der Waals surface area contributed by atoms with Crippen molar-refractivity contribution in [3.8, 4) is 0 Å². The van der Waals surface area contributed by atoms with Crippen molar-refractivity contribution in [1.29, 1.82) is 0 Å². The van der Waals surface area contributed by atoms with E-state index in [0.29, 0.717) is 19.3 Å². The summed E-state index contributed by atoms with van der Waals surface area (Å²) in [7, 11) is 0. The van der Waals surface area contributed by atoms with Gasteiger partial charge in [0.1, 0.15) is 13.2 Å². The topological polar surface area (TPSA) is 78.9 Å². The van der Waals surface area contributed by atoms with Crippen molar-refractivity contribution in [2.45, 2.75) is 271 Å². The van der Waals surface area contributed by atoms with Crippen LogP contribution in [0.5, 0.6) is 0 Å². The normalized spacial score (nSPS) is 12.4. The maximum Gasteiger partial charge on any atom is 0.306 e. The standard InChI is InChI=1S/C55H98O6/c1-4-7-10-13-16-19-22-25-27-30-33-36-39-42-45-48-54(57)60-51-52(50-59-53(56)47-44-41-38-35-32-29-24-21-18-15-12-9-6-3)61-55(58)49-46-43-40-37-34-31-28-26-23-20-17-14-11-8-5-2/h16,19,21,24-28,52H,4-15,17-18,20,22-23,29-51H2,1-3H3/b19-16-,24-21-,27-25-,28-26-. The van der Waals surface area contributed by atoms with Gasteiger partial charge < -0.3 is 14.2 Å². The van der Waals surface area contributed by atoms with Crippen LogP contribution in [-0.2, 0) is 28.6 Å². The van der Waals surface area contributed by atoms with Gasteiger partial charge in [0.2, 0.25) is 0 Å². The molecular weight excluding hydrogens is 757 g/mol. The fourth-order valence-corrected chi connectivity index (χ4v) is 7.28. The Bertz CT molecular complexity index is 1070. The highest BCUT2D eigenvalue weighted by Crippen LogP contribution is 2.14. The molecule has 1 unspecified atom stereocenters. The Hall–Kier alpha value is -2.63. The largest absolute Gasteiger partial charge is 0.462 e. The molecule has 61 heavy (non-hydrogen) atoms. The number of esters is 3. The van der Waals surface area contributed by atoms with Crippen LogP contribution in [0.2, 0.25) is 0 Å². The molecule has 0 aliphatic heterocycles. The third-order valence-electron chi connectivity index (χ3n) is 11.3. The molecule has 0 rings (SSSR count). The van der Waals surface area contributed by atoms with Gasteiger partial charge in [-0.25, -0.2) is 0 Å². The van der Waals surface area contributed by atoms with E-state index in [0.717, 1.165) is 96.3 Å². The molecule has 354 valence electrons. The van der Waals surface area contributed by atoms with E-state index in [9.17, 15) is 14.4 Å². The predicted octanol–water partition coefficient (Wildman–Crippen LogP) is 17.1. The maximum absolute atomic E-state index is 12.8. The third kappa shape index (κ3) is 48.3. The highest BCUT2D eigenvalue weighted by Gasteiger charge is 2.19. The van der Waals surface area contributed by atoms with Gasteiger partial charge in [-0.2, -0.15) is 0 Å². The average Bonchev–Trinajstić information content (AvgIpc) is 3.26. The molecule has 0 spiro atoms. The second-order valence-corrected chi connectivity index (χ2v) is 17.4. The van der Waals surface area contributed by atoms with Gasteiger partial charge in [0, 0.05) is 19.3 Å². The molecule has 0 saturated heterocycles. The lowest BCUT2D eigenvalue weighted by molar-refractivity contribution is -0.167. The molecule has 0 N–H and O–H groups in total. The van der Waals surface area contributed by atoms with Gasteiger partial charge >= 0.3 is 17.9 Å². The van der Waals surface area contributed by atoms with Crippen LogP contribution in [0.4, 0.5) is 0 Å². The summed E-state index contributed by atoms with van der Waals surface area (Å²) in [5, 5.41) is 0. The van der Waals surface area contributed by atoms with Gasteiger partial charge in [0.25, 0.3) is 0 Å². The Labute approximate surface area is 378 Å². The first kappa shape index (κ1) is 58.4. The second kappa shape index (κ2) is 50.0. The Morgan fingerprint density at radius 1 is 0.328 bits per heavy atom. The molecule has 0 aromatic rings. The lowest BCUT2D eigenvalue weighted by Gasteiger charge is -2.18. The number of ether oxygens (including phenoxy) is 3. The van der Waals surface area contributed by atoms with E-state index in [2.05, 4.69) is 69.4 Å². The Morgan fingerprint density at radius 2 is 0.590 bits per heavy atom. The van der Waals surface area contributed by atoms with Crippen molar-refractivity contribution < 1.29 is 28.6 Å². The SMILES string of the molecule is CCCCC/C=C\C/C=C\CCCCCCCC(=O)OCC(COC(=O)CCCCCCC/C=C\CCCCCC)OC(=O)CCCCCCC/C=C\CCCCCCCC. The number of rotatable bonds is 47. The van der Waals surface area contributed by atoms with Crippen LogP contribution in [0.25, 0.3) is 0 Å². The zero-order valence-electron chi connectivity index (χ0n) is 40.4. The van der Waals surface area contributed by atoms with Gasteiger partial charge in [-0.1, -0.05) is 191 Å². The summed E-state index contributed by atoms with van der Waals surface area (Å²) in [6.07, 6.45) is 59.4. The van der Waals surface area contributed by atoms with E-state index in [1.54, 1.807) is 0 Å². The minimum atomic E-state index is -0.784. The van der Waals surface area contributed by atoms with Crippen molar-refractivity contribution in [3.63, 3.8) is 0 Å². The van der Waals surface area contributed by atoms with Gasteiger partial charge in [-0.3, -0.25) is 14.4 Å². The Balaban J connectivity index is 4.42. The van der Waals surface area contributed by atoms with Crippen LogP contribution >= 0.6 is 0 Å². The highest BCUT2D eigenvalue weighted by atomic mass is 16.6. The summed E-state index contributed by atoms with van der Waals surface area (Å²) in [6.45, 7) is 6.58. The summed E-state index contributed by atoms with van der Waals surface area (Å²) in [5.74, 6) is -0.909. The van der Waals surface area contributed by atoms with Crippen LogP contribution in [0.1, 0.15) is 265 Å². The first-order valence-electron chi connectivity index (χ1n) is 26.1. The molecule has 0 heterocycles. The van der Waals surface area contributed by atoms with E-state index in [4.69, 9.17) is 14.2 Å². The third-order valence-corrected chi connectivity index (χ3v) is 11.3. The molecular formula is C55H98O6. The molecule has 6 nitrogen and oxygen atoms in total. The zero-order valence-corrected chi connectivity index (χ0v) is 40.4. The van der Waals surface area contributed by atoms with Crippen LogP contribution in [0.15, 0.2) is 48.6 Å². The summed E-state index contributed by atoms with van der Waals surface area (Å²) in [4.78, 5) is 38.0.